The van der Waals surface area contributed by atoms with E-state index in [4.69, 9.17) is 36.8 Å². The average molecular weight is 614 g/mol. The standard InChI is InChI=1S/C35H43Cl2O3P/c1-32(2,3)25-13-10-22-19-38-41(31(36)37)35(28(22)16-25,29-17-26(33(4,5)6)14-11-23(29)20-39-41)30-18-27(34(7,8)9)15-12-24(30)21-40-41/h10-18,31H,19-21H2,1-9H3. The van der Waals surface area contributed by atoms with Gasteiger partial charge in [0, 0.05) is 0 Å². The van der Waals surface area contributed by atoms with Crippen molar-refractivity contribution in [2.24, 2.45) is 0 Å². The molecule has 0 saturated carbocycles. The minimum absolute atomic E-state index is 0.0705. The van der Waals surface area contributed by atoms with Crippen LogP contribution in [-0.2, 0) is 54.8 Å². The fraction of sp³-hybridized carbons (Fsp3) is 0.486. The molecule has 41 heavy (non-hydrogen) atoms. The molecule has 0 aliphatic carbocycles. The zero-order chi connectivity index (χ0) is 29.8. The van der Waals surface area contributed by atoms with Gasteiger partial charge in [-0.2, -0.15) is 0 Å². The molecule has 0 unspecified atom stereocenters. The van der Waals surface area contributed by atoms with Crippen molar-refractivity contribution in [2.75, 3.05) is 0 Å². The Morgan fingerprint density at radius 2 is 0.854 bits per heavy atom. The Morgan fingerprint density at radius 1 is 0.561 bits per heavy atom. The van der Waals surface area contributed by atoms with Crippen molar-refractivity contribution in [3.63, 3.8) is 0 Å². The Hall–Kier alpha value is -1.45. The van der Waals surface area contributed by atoms with E-state index < -0.39 is 17.0 Å². The maximum absolute atomic E-state index is 7.22. The zero-order valence-electron chi connectivity index (χ0n) is 25.8. The fourth-order valence-corrected chi connectivity index (χ4v) is 13.3. The number of rotatable bonds is 1. The number of halogens is 2. The van der Waals surface area contributed by atoms with E-state index in [9.17, 15) is 0 Å². The van der Waals surface area contributed by atoms with Crippen LogP contribution < -0.4 is 0 Å². The van der Waals surface area contributed by atoms with Gasteiger partial charge in [0.05, 0.1) is 0 Å². The molecule has 0 radical (unpaired) electrons. The van der Waals surface area contributed by atoms with Gasteiger partial charge < -0.3 is 0 Å². The topological polar surface area (TPSA) is 27.7 Å². The molecule has 0 saturated heterocycles. The van der Waals surface area contributed by atoms with Crippen LogP contribution >= 0.6 is 30.5 Å². The summed E-state index contributed by atoms with van der Waals surface area (Å²) in [6.07, 6.45) is 0. The fourth-order valence-electron chi connectivity index (χ4n) is 6.90. The molecule has 0 spiro atoms. The van der Waals surface area contributed by atoms with Crippen molar-refractivity contribution in [2.45, 2.75) is 108 Å². The molecule has 3 aliphatic rings. The molecule has 6 heteroatoms. The molecule has 3 nitrogen and oxygen atoms in total. The van der Waals surface area contributed by atoms with Gasteiger partial charge in [0.1, 0.15) is 0 Å². The van der Waals surface area contributed by atoms with Crippen LogP contribution in [-0.4, -0.2) is 4.58 Å². The molecule has 0 fully saturated rings. The van der Waals surface area contributed by atoms with Crippen LogP contribution in [0.2, 0.25) is 0 Å². The third-order valence-corrected chi connectivity index (χ3v) is 15.9. The van der Waals surface area contributed by atoms with Crippen LogP contribution in [0, 0.1) is 0 Å². The Kier molecular flexibility index (Phi) is 6.53. The van der Waals surface area contributed by atoms with Crippen LogP contribution in [0.3, 0.4) is 0 Å². The molecule has 0 N–H and O–H groups in total. The summed E-state index contributed by atoms with van der Waals surface area (Å²) in [6.45, 7) is 21.3. The number of fused-ring (bicyclic) bond motifs is 3. The number of benzene rings is 3. The van der Waals surface area contributed by atoms with Gasteiger partial charge in [0.15, 0.2) is 0 Å². The summed E-state index contributed by atoms with van der Waals surface area (Å²) in [6, 6.07) is 20.4. The SMILES string of the molecule is CC(C)(C)c1ccc2c(c1)C13c4cc(C(C)(C)C)ccc4COP1(C(Cl)Cl)(OC2)OCc1ccc(C(C)(C)C)cc13. The van der Waals surface area contributed by atoms with E-state index in [0.717, 1.165) is 33.4 Å². The predicted molar refractivity (Wildman–Crippen MR) is 172 cm³/mol. The first-order chi connectivity index (χ1) is 18.9. The first kappa shape index (κ1) is 29.6. The van der Waals surface area contributed by atoms with Gasteiger partial charge in [0.2, 0.25) is 0 Å². The van der Waals surface area contributed by atoms with Crippen molar-refractivity contribution in [3.05, 3.63) is 105 Å². The molecule has 3 aromatic rings. The molecule has 0 atom stereocenters. The van der Waals surface area contributed by atoms with Gasteiger partial charge >= 0.3 is 257 Å². The van der Waals surface area contributed by atoms with Crippen LogP contribution in [0.25, 0.3) is 0 Å². The van der Waals surface area contributed by atoms with Gasteiger partial charge in [-0.1, -0.05) is 0 Å². The van der Waals surface area contributed by atoms with Crippen LogP contribution in [0.4, 0.5) is 0 Å². The second kappa shape index (κ2) is 9.04. The third-order valence-electron chi connectivity index (χ3n) is 9.43. The maximum atomic E-state index is 7.22. The molecule has 0 amide bonds. The van der Waals surface area contributed by atoms with E-state index in [2.05, 4.69) is 117 Å². The molecule has 3 aromatic carbocycles. The average Bonchev–Trinajstić information content (AvgIpc) is 2.89. The van der Waals surface area contributed by atoms with E-state index in [1.54, 1.807) is 0 Å². The van der Waals surface area contributed by atoms with E-state index >= 15 is 0 Å². The van der Waals surface area contributed by atoms with Gasteiger partial charge in [-0.05, 0) is 0 Å². The summed E-state index contributed by atoms with van der Waals surface area (Å²) < 4.78 is 20.1. The first-order valence-electron chi connectivity index (χ1n) is 14.6. The molecule has 3 heterocycles. The van der Waals surface area contributed by atoms with Crippen molar-refractivity contribution >= 4 is 30.5 Å². The van der Waals surface area contributed by atoms with Crippen LogP contribution in [0.15, 0.2) is 54.6 Å². The summed E-state index contributed by atoms with van der Waals surface area (Å²) in [7, 11) is -4.36. The van der Waals surface area contributed by atoms with Gasteiger partial charge in [0.25, 0.3) is 0 Å². The number of hydrogen-bond donors (Lipinski definition) is 0. The second-order valence-corrected chi connectivity index (χ2v) is 20.7. The van der Waals surface area contributed by atoms with Crippen molar-refractivity contribution < 1.29 is 13.6 Å². The summed E-state index contributed by atoms with van der Waals surface area (Å²) in [4.78, 5) is 0. The zero-order valence-corrected chi connectivity index (χ0v) is 28.2. The molecular formula is C35H43Cl2O3P. The quantitative estimate of drug-likeness (QED) is 0.202. The monoisotopic (exact) mass is 612 g/mol. The second-order valence-electron chi connectivity index (χ2n) is 15.1. The molecule has 3 aliphatic heterocycles. The van der Waals surface area contributed by atoms with Gasteiger partial charge in [-0.3, -0.25) is 0 Å². The Balaban J connectivity index is 1.88. The minimum atomic E-state index is -4.36. The van der Waals surface area contributed by atoms with E-state index in [1.165, 1.54) is 16.7 Å². The van der Waals surface area contributed by atoms with Crippen molar-refractivity contribution in [1.82, 2.24) is 0 Å². The Morgan fingerprint density at radius 3 is 1.10 bits per heavy atom. The van der Waals surface area contributed by atoms with Gasteiger partial charge in [-0.25, -0.2) is 0 Å². The van der Waals surface area contributed by atoms with E-state index in [-0.39, 0.29) is 16.2 Å². The van der Waals surface area contributed by atoms with Crippen LogP contribution in [0.5, 0.6) is 0 Å². The molecule has 220 valence electrons. The molecule has 6 rings (SSSR count). The summed E-state index contributed by atoms with van der Waals surface area (Å²) >= 11 is 14.4. The van der Waals surface area contributed by atoms with Gasteiger partial charge in [-0.15, -0.1) is 0 Å². The summed E-state index contributed by atoms with van der Waals surface area (Å²) in [5.41, 5.74) is 10.3. The van der Waals surface area contributed by atoms with Crippen LogP contribution in [0.1, 0.15) is 112 Å². The number of hydrogen-bond acceptors (Lipinski definition) is 3. The Labute approximate surface area is 256 Å². The van der Waals surface area contributed by atoms with Crippen molar-refractivity contribution in [1.29, 1.82) is 0 Å². The van der Waals surface area contributed by atoms with E-state index in [1.807, 2.05) is 0 Å². The predicted octanol–water partition coefficient (Wildman–Crippen LogP) is 10.5. The summed E-state index contributed by atoms with van der Waals surface area (Å²) in [5, 5.41) is -0.960. The summed E-state index contributed by atoms with van der Waals surface area (Å²) in [5.74, 6) is 0. The first-order valence-corrected chi connectivity index (χ1v) is 17.5. The molecule has 0 bridgehead atoms. The molecular weight excluding hydrogens is 570 g/mol. The van der Waals surface area contributed by atoms with E-state index in [0.29, 0.717) is 19.8 Å². The number of alkyl halides is 2. The Bertz CT molecular complexity index is 1380. The normalized spacial score (nSPS) is 23.8. The van der Waals surface area contributed by atoms with Crippen molar-refractivity contribution in [3.8, 4) is 0 Å². The molecule has 0 aromatic heterocycles. The third kappa shape index (κ3) is 3.92.